The summed E-state index contributed by atoms with van der Waals surface area (Å²) in [7, 11) is 0. The molecule has 128 valence electrons. The van der Waals surface area contributed by atoms with E-state index in [1.54, 1.807) is 10.8 Å². The normalized spacial score (nSPS) is 12.1. The van der Waals surface area contributed by atoms with Crippen LogP contribution in [0.15, 0.2) is 30.6 Å². The quantitative estimate of drug-likeness (QED) is 0.591. The first-order chi connectivity index (χ1) is 10.1. The maximum absolute atomic E-state index is 12.8. The van der Waals surface area contributed by atoms with E-state index in [4.69, 9.17) is 0 Å². The Labute approximate surface area is 138 Å². The lowest BCUT2D eigenvalue weighted by molar-refractivity contribution is -0.684. The highest BCUT2D eigenvalue weighted by atomic mass is 79.9. The van der Waals surface area contributed by atoms with E-state index in [1.807, 2.05) is 6.92 Å². The standard InChI is InChI=1S/C14H12F6N2.BrH/c1-2-4-22-5-3-21-12(22)9-6-10(13(15,16)17)8-11(7-9)14(18,19)20;/h3,5-8H,2,4H2,1H3;1H. The summed E-state index contributed by atoms with van der Waals surface area (Å²) in [6, 6.07) is 1.55. The van der Waals surface area contributed by atoms with Crippen molar-refractivity contribution in [3.05, 3.63) is 41.7 Å². The lowest BCUT2D eigenvalue weighted by Gasteiger charge is -2.13. The van der Waals surface area contributed by atoms with Gasteiger partial charge in [0, 0.05) is 0 Å². The Morgan fingerprint density at radius 1 is 0.957 bits per heavy atom. The van der Waals surface area contributed by atoms with E-state index in [9.17, 15) is 26.3 Å². The van der Waals surface area contributed by atoms with Crippen molar-refractivity contribution in [2.75, 3.05) is 0 Å². The van der Waals surface area contributed by atoms with Crippen molar-refractivity contribution in [2.45, 2.75) is 32.2 Å². The molecular formula is C14H13BrF6N2. The van der Waals surface area contributed by atoms with Crippen molar-refractivity contribution in [3.63, 3.8) is 0 Å². The minimum absolute atomic E-state index is 0. The predicted molar refractivity (Wildman–Crippen MR) is 66.7 cm³/mol. The van der Waals surface area contributed by atoms with E-state index < -0.39 is 23.5 Å². The van der Waals surface area contributed by atoms with Crippen molar-refractivity contribution >= 4 is 0 Å². The molecule has 2 aromatic rings. The lowest BCUT2D eigenvalue weighted by atomic mass is 10.0. The van der Waals surface area contributed by atoms with E-state index in [-0.39, 0.29) is 34.4 Å². The molecule has 0 fully saturated rings. The molecule has 0 atom stereocenters. The predicted octanol–water partition coefficient (Wildman–Crippen LogP) is 1.42. The fourth-order valence-corrected chi connectivity index (χ4v) is 2.13. The number of imidazole rings is 1. The van der Waals surface area contributed by atoms with E-state index in [0.717, 1.165) is 0 Å². The Hall–Kier alpha value is -1.51. The Kier molecular flexibility index (Phi) is 5.89. The summed E-state index contributed by atoms with van der Waals surface area (Å²) in [6.07, 6.45) is -5.96. The molecule has 23 heavy (non-hydrogen) atoms. The van der Waals surface area contributed by atoms with Gasteiger partial charge in [-0.2, -0.15) is 26.3 Å². The van der Waals surface area contributed by atoms with Crippen LogP contribution in [0, 0.1) is 0 Å². The highest BCUT2D eigenvalue weighted by molar-refractivity contribution is 5.56. The molecule has 0 radical (unpaired) electrons. The van der Waals surface area contributed by atoms with Gasteiger partial charge in [0.2, 0.25) is 0 Å². The average Bonchev–Trinajstić information content (AvgIpc) is 2.85. The second-order valence-electron chi connectivity index (χ2n) is 4.80. The topological polar surface area (TPSA) is 19.7 Å². The van der Waals surface area contributed by atoms with Gasteiger partial charge in [-0.25, -0.2) is 9.55 Å². The average molecular weight is 403 g/mol. The van der Waals surface area contributed by atoms with Gasteiger partial charge in [-0.05, 0) is 24.6 Å². The van der Waals surface area contributed by atoms with Crippen molar-refractivity contribution in [3.8, 4) is 11.4 Å². The highest BCUT2D eigenvalue weighted by Gasteiger charge is 2.37. The Morgan fingerprint density at radius 2 is 1.48 bits per heavy atom. The third-order valence-electron chi connectivity index (χ3n) is 3.09. The molecule has 0 amide bonds. The van der Waals surface area contributed by atoms with Crippen LogP contribution in [0.1, 0.15) is 24.5 Å². The molecular weight excluding hydrogens is 390 g/mol. The Morgan fingerprint density at radius 3 is 1.91 bits per heavy atom. The highest BCUT2D eigenvalue weighted by Crippen LogP contribution is 2.37. The van der Waals surface area contributed by atoms with Crippen molar-refractivity contribution in [2.24, 2.45) is 0 Å². The third kappa shape index (κ3) is 4.49. The number of H-pyrrole nitrogens is 1. The number of halogens is 7. The van der Waals surface area contributed by atoms with E-state index in [0.29, 0.717) is 25.1 Å². The molecule has 2 nitrogen and oxygen atoms in total. The molecule has 0 saturated carbocycles. The van der Waals surface area contributed by atoms with Crippen molar-refractivity contribution < 1.29 is 47.9 Å². The van der Waals surface area contributed by atoms with Crippen LogP contribution >= 0.6 is 0 Å². The third-order valence-corrected chi connectivity index (χ3v) is 3.09. The summed E-state index contributed by atoms with van der Waals surface area (Å²) < 4.78 is 78.6. The zero-order valence-corrected chi connectivity index (χ0v) is 13.5. The maximum Gasteiger partial charge on any atom is 0.416 e. The van der Waals surface area contributed by atoms with Gasteiger partial charge in [-0.3, -0.25) is 0 Å². The SMILES string of the molecule is CCC[n+]1cc[nH]c1-c1cc(C(F)(F)F)cc(C(F)(F)F)c1.[Br-]. The molecule has 1 aromatic heterocycles. The Balaban J connectivity index is 0.00000264. The van der Waals surface area contributed by atoms with Crippen LogP contribution in [0.4, 0.5) is 26.3 Å². The van der Waals surface area contributed by atoms with Crippen LogP contribution in [0.25, 0.3) is 11.4 Å². The molecule has 1 aromatic carbocycles. The zero-order valence-electron chi connectivity index (χ0n) is 11.9. The summed E-state index contributed by atoms with van der Waals surface area (Å²) in [5, 5.41) is 0. The van der Waals surface area contributed by atoms with Crippen LogP contribution in [0.5, 0.6) is 0 Å². The minimum atomic E-state index is -4.85. The number of aromatic amines is 1. The summed E-state index contributed by atoms with van der Waals surface area (Å²) in [4.78, 5) is 2.69. The first-order valence-corrected chi connectivity index (χ1v) is 6.49. The fourth-order valence-electron chi connectivity index (χ4n) is 2.13. The summed E-state index contributed by atoms with van der Waals surface area (Å²) in [5.41, 5.74) is -2.80. The van der Waals surface area contributed by atoms with Gasteiger partial charge in [0.05, 0.1) is 23.2 Å². The molecule has 2 rings (SSSR count). The summed E-state index contributed by atoms with van der Waals surface area (Å²) in [5.74, 6) is 0.207. The smallest absolute Gasteiger partial charge is 0.416 e. The molecule has 0 spiro atoms. The number of alkyl halides is 6. The second-order valence-corrected chi connectivity index (χ2v) is 4.80. The second kappa shape index (κ2) is 6.94. The van der Waals surface area contributed by atoms with E-state index >= 15 is 0 Å². The summed E-state index contributed by atoms with van der Waals surface area (Å²) in [6.45, 7) is 2.34. The van der Waals surface area contributed by atoms with Gasteiger partial charge >= 0.3 is 12.4 Å². The number of hydrogen-bond acceptors (Lipinski definition) is 0. The van der Waals surface area contributed by atoms with Gasteiger partial charge in [0.25, 0.3) is 5.82 Å². The first kappa shape index (κ1) is 19.5. The first-order valence-electron chi connectivity index (χ1n) is 6.49. The number of rotatable bonds is 3. The molecule has 1 heterocycles. The van der Waals surface area contributed by atoms with Gasteiger partial charge in [-0.1, -0.05) is 6.92 Å². The number of hydrogen-bond donors (Lipinski definition) is 1. The monoisotopic (exact) mass is 402 g/mol. The molecule has 0 bridgehead atoms. The van der Waals surface area contributed by atoms with Crippen LogP contribution in [0.2, 0.25) is 0 Å². The molecule has 0 aliphatic carbocycles. The maximum atomic E-state index is 12.8. The molecule has 0 unspecified atom stereocenters. The number of benzene rings is 1. The van der Waals surface area contributed by atoms with E-state index in [2.05, 4.69) is 4.98 Å². The van der Waals surface area contributed by atoms with Gasteiger partial charge in [-0.15, -0.1) is 0 Å². The minimum Gasteiger partial charge on any atom is -1.00 e. The molecule has 0 aliphatic rings. The van der Waals surface area contributed by atoms with Crippen LogP contribution in [-0.4, -0.2) is 4.98 Å². The number of aryl methyl sites for hydroxylation is 1. The van der Waals surface area contributed by atoms with Crippen LogP contribution in [-0.2, 0) is 18.9 Å². The molecule has 9 heteroatoms. The van der Waals surface area contributed by atoms with Crippen molar-refractivity contribution in [1.29, 1.82) is 0 Å². The van der Waals surface area contributed by atoms with Crippen molar-refractivity contribution in [1.82, 2.24) is 4.98 Å². The van der Waals surface area contributed by atoms with E-state index in [1.165, 1.54) is 6.20 Å². The van der Waals surface area contributed by atoms with Crippen LogP contribution < -0.4 is 21.5 Å². The Bertz CT molecular complexity index is 628. The van der Waals surface area contributed by atoms with Crippen LogP contribution in [0.3, 0.4) is 0 Å². The van der Waals surface area contributed by atoms with Gasteiger partial charge < -0.3 is 17.0 Å². The summed E-state index contributed by atoms with van der Waals surface area (Å²) >= 11 is 0. The van der Waals surface area contributed by atoms with Gasteiger partial charge in [0.1, 0.15) is 12.4 Å². The number of nitrogens with one attached hydrogen (secondary N) is 1. The number of nitrogens with zero attached hydrogens (tertiary/aromatic N) is 1. The molecule has 0 aliphatic heterocycles. The zero-order chi connectivity index (χ0) is 16.5. The fraction of sp³-hybridized carbons (Fsp3) is 0.357. The molecule has 1 N–H and O–H groups in total. The lowest BCUT2D eigenvalue weighted by Crippen LogP contribution is -3.00. The molecule has 0 saturated heterocycles. The largest absolute Gasteiger partial charge is 1.00 e. The number of aromatic nitrogens is 2. The van der Waals surface area contributed by atoms with Gasteiger partial charge in [0.15, 0.2) is 0 Å².